The van der Waals surface area contributed by atoms with E-state index >= 15 is 0 Å². The fourth-order valence-electron chi connectivity index (χ4n) is 1.68. The maximum absolute atomic E-state index is 13.6. The summed E-state index contributed by atoms with van der Waals surface area (Å²) in [6.45, 7) is 0.201. The van der Waals surface area contributed by atoms with E-state index in [1.807, 2.05) is 0 Å². The van der Waals surface area contributed by atoms with Crippen LogP contribution in [0.3, 0.4) is 0 Å². The van der Waals surface area contributed by atoms with Gasteiger partial charge in [-0.1, -0.05) is 0 Å². The number of thiazole rings is 1. The number of halogens is 1. The second-order valence-corrected chi connectivity index (χ2v) is 4.98. The molecule has 2 N–H and O–H groups in total. The van der Waals surface area contributed by atoms with E-state index in [-0.39, 0.29) is 17.8 Å². The number of carbonyl (C=O) groups is 1. The lowest BCUT2D eigenvalue weighted by Crippen LogP contribution is -2.23. The van der Waals surface area contributed by atoms with Gasteiger partial charge in [-0.05, 0) is 6.07 Å². The van der Waals surface area contributed by atoms with Gasteiger partial charge in [-0.2, -0.15) is 0 Å². The van der Waals surface area contributed by atoms with E-state index in [1.54, 1.807) is 11.7 Å². The van der Waals surface area contributed by atoms with Crippen molar-refractivity contribution in [2.45, 2.75) is 6.54 Å². The molecule has 0 bridgehead atoms. The van der Waals surface area contributed by atoms with E-state index in [2.05, 4.69) is 15.6 Å². The second kappa shape index (κ2) is 6.27. The summed E-state index contributed by atoms with van der Waals surface area (Å²) < 4.78 is 13.6. The quantitative estimate of drug-likeness (QED) is 0.651. The first-order chi connectivity index (χ1) is 10.0. The number of benzene rings is 1. The molecule has 0 saturated heterocycles. The van der Waals surface area contributed by atoms with Crippen molar-refractivity contribution in [1.82, 2.24) is 10.3 Å². The van der Waals surface area contributed by atoms with Gasteiger partial charge in [0.15, 0.2) is 5.82 Å². The molecule has 1 heterocycles. The van der Waals surface area contributed by atoms with E-state index < -0.39 is 22.3 Å². The predicted octanol–water partition coefficient (Wildman–Crippen LogP) is 2.16. The molecule has 0 aliphatic rings. The fraction of sp³-hybridized carbons (Fsp3) is 0.167. The zero-order valence-electron chi connectivity index (χ0n) is 10.9. The number of hydrogen-bond acceptors (Lipinski definition) is 6. The summed E-state index contributed by atoms with van der Waals surface area (Å²) in [6, 6.07) is 1.85. The molecule has 2 rings (SSSR count). The van der Waals surface area contributed by atoms with Crippen molar-refractivity contribution in [1.29, 1.82) is 0 Å². The highest BCUT2D eigenvalue weighted by atomic mass is 32.1. The predicted molar refractivity (Wildman–Crippen MR) is 75.9 cm³/mol. The Morgan fingerprint density at radius 2 is 2.29 bits per heavy atom. The number of rotatable bonds is 5. The Morgan fingerprint density at radius 3 is 2.86 bits per heavy atom. The highest BCUT2D eigenvalue weighted by Gasteiger charge is 2.23. The van der Waals surface area contributed by atoms with Gasteiger partial charge in [-0.15, -0.1) is 11.3 Å². The molecule has 110 valence electrons. The van der Waals surface area contributed by atoms with Gasteiger partial charge in [0, 0.05) is 18.1 Å². The molecule has 0 aliphatic carbocycles. The van der Waals surface area contributed by atoms with Crippen LogP contribution >= 0.6 is 11.3 Å². The van der Waals surface area contributed by atoms with Crippen molar-refractivity contribution in [2.75, 3.05) is 12.4 Å². The highest BCUT2D eigenvalue weighted by molar-refractivity contribution is 7.09. The molecule has 7 nitrogen and oxygen atoms in total. The zero-order valence-corrected chi connectivity index (χ0v) is 11.7. The Labute approximate surface area is 123 Å². The third kappa shape index (κ3) is 3.31. The van der Waals surface area contributed by atoms with Gasteiger partial charge >= 0.3 is 0 Å². The molecule has 2 aromatic rings. The van der Waals surface area contributed by atoms with Crippen LogP contribution in [0, 0.1) is 15.9 Å². The number of anilines is 1. The van der Waals surface area contributed by atoms with Crippen LogP contribution in [-0.2, 0) is 6.54 Å². The van der Waals surface area contributed by atoms with Crippen molar-refractivity contribution >= 4 is 28.6 Å². The van der Waals surface area contributed by atoms with Crippen LogP contribution in [-0.4, -0.2) is 22.9 Å². The average molecular weight is 310 g/mol. The number of aromatic nitrogens is 1. The van der Waals surface area contributed by atoms with Gasteiger partial charge in [0.25, 0.3) is 11.6 Å². The molecular weight excluding hydrogens is 299 g/mol. The molecule has 0 saturated carbocycles. The summed E-state index contributed by atoms with van der Waals surface area (Å²) in [7, 11) is 1.46. The summed E-state index contributed by atoms with van der Waals surface area (Å²) in [6.07, 6.45) is 1.59. The Kier molecular flexibility index (Phi) is 4.43. The molecule has 1 aromatic heterocycles. The molecule has 1 amide bonds. The van der Waals surface area contributed by atoms with E-state index in [1.165, 1.54) is 18.4 Å². The molecular formula is C12H11FN4O3S. The number of nitrogens with one attached hydrogen (secondary N) is 2. The van der Waals surface area contributed by atoms with E-state index in [4.69, 9.17) is 0 Å². The van der Waals surface area contributed by atoms with Crippen molar-refractivity contribution in [2.24, 2.45) is 0 Å². The highest BCUT2D eigenvalue weighted by Crippen LogP contribution is 2.26. The lowest BCUT2D eigenvalue weighted by molar-refractivity contribution is -0.385. The van der Waals surface area contributed by atoms with E-state index in [0.717, 1.165) is 17.0 Å². The molecule has 0 fully saturated rings. The molecule has 0 unspecified atom stereocenters. The van der Waals surface area contributed by atoms with Crippen molar-refractivity contribution in [3.63, 3.8) is 0 Å². The third-order valence-electron chi connectivity index (χ3n) is 2.70. The van der Waals surface area contributed by atoms with Crippen molar-refractivity contribution in [3.05, 3.63) is 50.2 Å². The molecule has 0 aliphatic heterocycles. The number of nitro benzene ring substituents is 1. The standard InChI is InChI=1S/C12H11FN4O3S/c1-14-10-2-8(11(17(19)20)3-9(10)13)12(18)16-5-7-4-15-6-21-7/h2-4,6,14H,5H2,1H3,(H,16,18). The smallest absolute Gasteiger partial charge is 0.285 e. The van der Waals surface area contributed by atoms with Crippen molar-refractivity contribution in [3.8, 4) is 0 Å². The largest absolute Gasteiger partial charge is 0.386 e. The molecule has 21 heavy (non-hydrogen) atoms. The van der Waals surface area contributed by atoms with Gasteiger partial charge in [-0.25, -0.2) is 4.39 Å². The normalized spacial score (nSPS) is 10.2. The minimum atomic E-state index is -0.789. The lowest BCUT2D eigenvalue weighted by atomic mass is 10.1. The minimum absolute atomic E-state index is 0.0172. The Balaban J connectivity index is 2.27. The summed E-state index contributed by atoms with van der Waals surface area (Å²) in [5.74, 6) is -1.44. The number of hydrogen-bond donors (Lipinski definition) is 2. The van der Waals surface area contributed by atoms with E-state index in [0.29, 0.717) is 0 Å². The lowest BCUT2D eigenvalue weighted by Gasteiger charge is -2.08. The fourth-order valence-corrected chi connectivity index (χ4v) is 2.21. The monoisotopic (exact) mass is 310 g/mol. The zero-order chi connectivity index (χ0) is 15.4. The van der Waals surface area contributed by atoms with E-state index in [9.17, 15) is 19.3 Å². The Bertz CT molecular complexity index is 675. The van der Waals surface area contributed by atoms with Gasteiger partial charge in [0.2, 0.25) is 0 Å². The molecule has 1 aromatic carbocycles. The van der Waals surface area contributed by atoms with Crippen molar-refractivity contribution < 1.29 is 14.1 Å². The number of nitrogens with zero attached hydrogens (tertiary/aromatic N) is 2. The SMILES string of the molecule is CNc1cc(C(=O)NCc2cncs2)c([N+](=O)[O-])cc1F. The number of amides is 1. The van der Waals surface area contributed by atoms with Crippen LogP contribution in [0.25, 0.3) is 0 Å². The van der Waals surface area contributed by atoms with Gasteiger partial charge in [-0.3, -0.25) is 19.9 Å². The van der Waals surface area contributed by atoms with Crippen LogP contribution in [0.2, 0.25) is 0 Å². The van der Waals surface area contributed by atoms with Crippen LogP contribution < -0.4 is 10.6 Å². The maximum Gasteiger partial charge on any atom is 0.285 e. The minimum Gasteiger partial charge on any atom is -0.386 e. The van der Waals surface area contributed by atoms with Crippen LogP contribution in [0.4, 0.5) is 15.8 Å². The number of nitro groups is 1. The maximum atomic E-state index is 13.6. The Morgan fingerprint density at radius 1 is 1.52 bits per heavy atom. The first-order valence-electron chi connectivity index (χ1n) is 5.84. The Hall–Kier alpha value is -2.55. The summed E-state index contributed by atoms with van der Waals surface area (Å²) >= 11 is 1.35. The van der Waals surface area contributed by atoms with Crippen LogP contribution in [0.5, 0.6) is 0 Å². The summed E-state index contributed by atoms with van der Waals surface area (Å²) in [5.41, 5.74) is 0.855. The van der Waals surface area contributed by atoms with Gasteiger partial charge < -0.3 is 10.6 Å². The topological polar surface area (TPSA) is 97.2 Å². The molecule has 9 heteroatoms. The average Bonchev–Trinajstić information content (AvgIpc) is 2.97. The molecule has 0 spiro atoms. The molecule has 0 atom stereocenters. The summed E-state index contributed by atoms with van der Waals surface area (Å²) in [5, 5.41) is 16.0. The molecule has 0 radical (unpaired) electrons. The first-order valence-corrected chi connectivity index (χ1v) is 6.72. The second-order valence-electron chi connectivity index (χ2n) is 4.01. The van der Waals surface area contributed by atoms with Gasteiger partial charge in [0.05, 0.1) is 28.7 Å². The van der Waals surface area contributed by atoms with Gasteiger partial charge in [0.1, 0.15) is 5.56 Å². The first kappa shape index (κ1) is 14.9. The third-order valence-corrected chi connectivity index (χ3v) is 3.48. The van der Waals surface area contributed by atoms with Crippen LogP contribution in [0.1, 0.15) is 15.2 Å². The summed E-state index contributed by atoms with van der Waals surface area (Å²) in [4.78, 5) is 26.9. The number of carbonyl (C=O) groups excluding carboxylic acids is 1. The van der Waals surface area contributed by atoms with Crippen LogP contribution in [0.15, 0.2) is 23.8 Å².